The SMILES string of the molecule is COc1cc(C(=O)Nc2cccnc2)ccc1O. The number of ether oxygens (including phenoxy) is 1. The largest absolute Gasteiger partial charge is 0.504 e. The Bertz CT molecular complexity index is 555. The zero-order valence-corrected chi connectivity index (χ0v) is 9.75. The molecule has 1 aromatic heterocycles. The molecule has 0 aliphatic carbocycles. The molecule has 2 rings (SSSR count). The van der Waals surface area contributed by atoms with Gasteiger partial charge in [0, 0.05) is 11.8 Å². The Hall–Kier alpha value is -2.56. The molecule has 0 bridgehead atoms. The molecule has 0 fully saturated rings. The van der Waals surface area contributed by atoms with Crippen LogP contribution in [0.1, 0.15) is 10.4 Å². The predicted octanol–water partition coefficient (Wildman–Crippen LogP) is 2.05. The fraction of sp³-hybridized carbons (Fsp3) is 0.0769. The van der Waals surface area contributed by atoms with Crippen molar-refractivity contribution in [2.24, 2.45) is 0 Å². The summed E-state index contributed by atoms with van der Waals surface area (Å²) < 4.78 is 4.94. The maximum atomic E-state index is 11.9. The van der Waals surface area contributed by atoms with Gasteiger partial charge in [-0.15, -0.1) is 0 Å². The van der Waals surface area contributed by atoms with Crippen LogP contribution in [-0.4, -0.2) is 23.1 Å². The average Bonchev–Trinajstić information content (AvgIpc) is 2.40. The normalized spacial score (nSPS) is 9.83. The van der Waals surface area contributed by atoms with Gasteiger partial charge in [-0.25, -0.2) is 0 Å². The molecule has 5 heteroatoms. The van der Waals surface area contributed by atoms with Crippen molar-refractivity contribution in [1.82, 2.24) is 4.98 Å². The van der Waals surface area contributed by atoms with Gasteiger partial charge in [0.05, 0.1) is 19.0 Å². The highest BCUT2D eigenvalue weighted by molar-refractivity contribution is 6.04. The van der Waals surface area contributed by atoms with Crippen LogP contribution in [0.4, 0.5) is 5.69 Å². The standard InChI is InChI=1S/C13H12N2O3/c1-18-12-7-9(4-5-11(12)16)13(17)15-10-3-2-6-14-8-10/h2-8,16H,1H3,(H,15,17). The Morgan fingerprint density at radius 3 is 2.89 bits per heavy atom. The van der Waals surface area contributed by atoms with Crippen LogP contribution in [0.25, 0.3) is 0 Å². The molecule has 0 unspecified atom stereocenters. The number of anilines is 1. The Labute approximate surface area is 104 Å². The minimum Gasteiger partial charge on any atom is -0.504 e. The number of nitrogens with one attached hydrogen (secondary N) is 1. The van der Waals surface area contributed by atoms with Gasteiger partial charge in [0.25, 0.3) is 5.91 Å². The quantitative estimate of drug-likeness (QED) is 0.866. The molecule has 0 aliphatic rings. The smallest absolute Gasteiger partial charge is 0.255 e. The van der Waals surface area contributed by atoms with Gasteiger partial charge in [0.1, 0.15) is 0 Å². The van der Waals surface area contributed by atoms with E-state index in [-0.39, 0.29) is 17.4 Å². The summed E-state index contributed by atoms with van der Waals surface area (Å²) in [7, 11) is 1.43. The van der Waals surface area contributed by atoms with Crippen molar-refractivity contribution in [3.63, 3.8) is 0 Å². The highest BCUT2D eigenvalue weighted by Crippen LogP contribution is 2.26. The number of rotatable bonds is 3. The van der Waals surface area contributed by atoms with Crippen LogP contribution in [0.3, 0.4) is 0 Å². The van der Waals surface area contributed by atoms with Crippen molar-refractivity contribution in [3.05, 3.63) is 48.3 Å². The lowest BCUT2D eigenvalue weighted by Crippen LogP contribution is -2.11. The molecule has 5 nitrogen and oxygen atoms in total. The number of hydrogen-bond donors (Lipinski definition) is 2. The van der Waals surface area contributed by atoms with Crippen molar-refractivity contribution in [3.8, 4) is 11.5 Å². The Morgan fingerprint density at radius 1 is 1.39 bits per heavy atom. The first-order chi connectivity index (χ1) is 8.70. The van der Waals surface area contributed by atoms with Crippen molar-refractivity contribution < 1.29 is 14.6 Å². The van der Waals surface area contributed by atoms with Gasteiger partial charge < -0.3 is 15.2 Å². The van der Waals surface area contributed by atoms with Crippen molar-refractivity contribution in [1.29, 1.82) is 0 Å². The zero-order chi connectivity index (χ0) is 13.0. The summed E-state index contributed by atoms with van der Waals surface area (Å²) in [5.74, 6) is -0.0365. The molecule has 0 radical (unpaired) electrons. The minimum absolute atomic E-state index is 0.00423. The van der Waals surface area contributed by atoms with Gasteiger partial charge in [-0.3, -0.25) is 9.78 Å². The van der Waals surface area contributed by atoms with Crippen LogP contribution in [-0.2, 0) is 0 Å². The third-order valence-corrected chi connectivity index (χ3v) is 2.36. The third kappa shape index (κ3) is 2.57. The van der Waals surface area contributed by atoms with Crippen molar-refractivity contribution >= 4 is 11.6 Å². The summed E-state index contributed by atoms with van der Waals surface area (Å²) in [6.07, 6.45) is 3.18. The number of methoxy groups -OCH3 is 1. The van der Waals surface area contributed by atoms with Crippen LogP contribution in [0.2, 0.25) is 0 Å². The second kappa shape index (κ2) is 5.18. The second-order valence-corrected chi connectivity index (χ2v) is 3.58. The topological polar surface area (TPSA) is 71.5 Å². The van der Waals surface area contributed by atoms with Crippen LogP contribution < -0.4 is 10.1 Å². The van der Waals surface area contributed by atoms with Gasteiger partial charge in [0.15, 0.2) is 11.5 Å². The lowest BCUT2D eigenvalue weighted by molar-refractivity contribution is 0.102. The first-order valence-corrected chi connectivity index (χ1v) is 5.29. The van der Waals surface area contributed by atoms with Crippen molar-refractivity contribution in [2.45, 2.75) is 0 Å². The maximum Gasteiger partial charge on any atom is 0.255 e. The number of phenols is 1. The van der Waals surface area contributed by atoms with Gasteiger partial charge in [0.2, 0.25) is 0 Å². The second-order valence-electron chi connectivity index (χ2n) is 3.58. The lowest BCUT2D eigenvalue weighted by Gasteiger charge is -2.07. The molecule has 1 heterocycles. The molecule has 1 aromatic carbocycles. The minimum atomic E-state index is -0.290. The average molecular weight is 244 g/mol. The van der Waals surface area contributed by atoms with E-state index in [1.54, 1.807) is 24.5 Å². The van der Waals surface area contributed by atoms with Gasteiger partial charge in [-0.1, -0.05) is 0 Å². The van der Waals surface area contributed by atoms with Gasteiger partial charge in [-0.05, 0) is 30.3 Å². The number of hydrogen-bond acceptors (Lipinski definition) is 4. The number of benzene rings is 1. The number of nitrogens with zero attached hydrogens (tertiary/aromatic N) is 1. The number of aromatic nitrogens is 1. The predicted molar refractivity (Wildman–Crippen MR) is 66.8 cm³/mol. The molecule has 18 heavy (non-hydrogen) atoms. The Balaban J connectivity index is 2.19. The van der Waals surface area contributed by atoms with E-state index >= 15 is 0 Å². The summed E-state index contributed by atoms with van der Waals surface area (Å²) in [5, 5.41) is 12.1. The molecule has 92 valence electrons. The summed E-state index contributed by atoms with van der Waals surface area (Å²) in [4.78, 5) is 15.8. The molecule has 0 aliphatic heterocycles. The fourth-order valence-corrected chi connectivity index (χ4v) is 1.46. The van der Waals surface area contributed by atoms with E-state index < -0.39 is 0 Å². The highest BCUT2D eigenvalue weighted by Gasteiger charge is 2.09. The molecular weight excluding hydrogens is 232 g/mol. The molecule has 1 amide bonds. The summed E-state index contributed by atoms with van der Waals surface area (Å²) >= 11 is 0. The number of carbonyl (C=O) groups excluding carboxylic acids is 1. The zero-order valence-electron chi connectivity index (χ0n) is 9.75. The number of amides is 1. The molecule has 0 saturated heterocycles. The molecule has 0 saturated carbocycles. The van der Waals surface area contributed by atoms with E-state index in [9.17, 15) is 9.90 Å². The third-order valence-electron chi connectivity index (χ3n) is 2.36. The van der Waals surface area contributed by atoms with Gasteiger partial charge in [-0.2, -0.15) is 0 Å². The molecule has 0 atom stereocenters. The van der Waals surface area contributed by atoms with Crippen LogP contribution >= 0.6 is 0 Å². The molecule has 2 aromatic rings. The maximum absolute atomic E-state index is 11.9. The van der Waals surface area contributed by atoms with E-state index in [0.717, 1.165) is 0 Å². The summed E-state index contributed by atoms with van der Waals surface area (Å²) in [5.41, 5.74) is 1.00. The Kier molecular flexibility index (Phi) is 3.43. The van der Waals surface area contributed by atoms with E-state index in [0.29, 0.717) is 11.3 Å². The molecule has 2 N–H and O–H groups in total. The number of carbonyl (C=O) groups is 1. The summed E-state index contributed by atoms with van der Waals surface area (Å²) in [6, 6.07) is 7.87. The van der Waals surface area contributed by atoms with E-state index in [1.165, 1.54) is 25.3 Å². The van der Waals surface area contributed by atoms with E-state index in [1.807, 2.05) is 0 Å². The molecular formula is C13H12N2O3. The fourth-order valence-electron chi connectivity index (χ4n) is 1.46. The Morgan fingerprint density at radius 2 is 2.22 bits per heavy atom. The van der Waals surface area contributed by atoms with Gasteiger partial charge >= 0.3 is 0 Å². The lowest BCUT2D eigenvalue weighted by atomic mass is 10.2. The first kappa shape index (κ1) is 11.9. The number of aromatic hydroxyl groups is 1. The van der Waals surface area contributed by atoms with Crippen LogP contribution in [0.15, 0.2) is 42.7 Å². The first-order valence-electron chi connectivity index (χ1n) is 5.29. The van der Waals surface area contributed by atoms with Crippen LogP contribution in [0.5, 0.6) is 11.5 Å². The highest BCUT2D eigenvalue weighted by atomic mass is 16.5. The van der Waals surface area contributed by atoms with Crippen molar-refractivity contribution in [2.75, 3.05) is 12.4 Å². The number of phenolic OH excluding ortho intramolecular Hbond substituents is 1. The van der Waals surface area contributed by atoms with Crippen LogP contribution in [0, 0.1) is 0 Å². The molecule has 0 spiro atoms. The van der Waals surface area contributed by atoms with E-state index in [4.69, 9.17) is 4.74 Å². The summed E-state index contributed by atoms with van der Waals surface area (Å²) in [6.45, 7) is 0. The monoisotopic (exact) mass is 244 g/mol. The van der Waals surface area contributed by atoms with E-state index in [2.05, 4.69) is 10.3 Å². The number of pyridine rings is 1.